The summed E-state index contributed by atoms with van der Waals surface area (Å²) in [5, 5.41) is 0. The van der Waals surface area contributed by atoms with E-state index in [-0.39, 0.29) is 22.2 Å². The molecule has 9 heteroatoms. The third-order valence-corrected chi connectivity index (χ3v) is 6.95. The summed E-state index contributed by atoms with van der Waals surface area (Å²) < 4.78 is 47.7. The average Bonchev–Trinajstić information content (AvgIpc) is 2.85. The van der Waals surface area contributed by atoms with E-state index in [0.717, 1.165) is 0 Å². The van der Waals surface area contributed by atoms with Crippen molar-refractivity contribution in [2.45, 2.75) is 11.8 Å². The lowest BCUT2D eigenvalue weighted by atomic mass is 10.1. The van der Waals surface area contributed by atoms with Crippen molar-refractivity contribution in [1.82, 2.24) is 4.90 Å². The number of nitrogens with zero attached hydrogens (tertiary/aromatic N) is 2. The van der Waals surface area contributed by atoms with Crippen molar-refractivity contribution in [1.29, 1.82) is 0 Å². The van der Waals surface area contributed by atoms with Crippen LogP contribution in [0.3, 0.4) is 0 Å². The Kier molecular flexibility index (Phi) is 7.02. The largest absolute Gasteiger partial charge is 0.494 e. The van der Waals surface area contributed by atoms with Crippen molar-refractivity contribution in [2.75, 3.05) is 42.4 Å². The number of ether oxygens (including phenoxy) is 1. The second-order valence-corrected chi connectivity index (χ2v) is 9.50. The van der Waals surface area contributed by atoms with Crippen LogP contribution in [0.1, 0.15) is 17.3 Å². The highest BCUT2D eigenvalue weighted by atomic mass is 32.2. The number of halogens is 1. The minimum atomic E-state index is -3.89. The van der Waals surface area contributed by atoms with E-state index in [9.17, 15) is 17.6 Å². The molecule has 0 spiro atoms. The lowest BCUT2D eigenvalue weighted by molar-refractivity contribution is 0.0746. The van der Waals surface area contributed by atoms with Gasteiger partial charge in [-0.1, -0.05) is 18.2 Å². The molecule has 0 saturated carbocycles. The maximum Gasteiger partial charge on any atom is 0.261 e. The lowest BCUT2D eigenvalue weighted by Gasteiger charge is -2.36. The molecule has 1 aliphatic rings. The van der Waals surface area contributed by atoms with Gasteiger partial charge in [0, 0.05) is 37.4 Å². The maximum absolute atomic E-state index is 14.1. The zero-order valence-electron chi connectivity index (χ0n) is 18.8. The molecule has 0 unspecified atom stereocenters. The number of carbonyl (C=O) groups is 1. The van der Waals surface area contributed by atoms with Crippen molar-refractivity contribution < 1.29 is 22.3 Å². The molecule has 0 aliphatic carbocycles. The first-order valence-corrected chi connectivity index (χ1v) is 12.5. The van der Waals surface area contributed by atoms with Gasteiger partial charge in [0.15, 0.2) is 0 Å². The Morgan fingerprint density at radius 3 is 2.35 bits per heavy atom. The zero-order chi connectivity index (χ0) is 24.1. The molecule has 34 heavy (non-hydrogen) atoms. The number of carbonyl (C=O) groups excluding carboxylic acids is 1. The monoisotopic (exact) mass is 483 g/mol. The molecule has 0 aromatic heterocycles. The predicted molar refractivity (Wildman–Crippen MR) is 129 cm³/mol. The van der Waals surface area contributed by atoms with E-state index in [1.165, 1.54) is 18.2 Å². The summed E-state index contributed by atoms with van der Waals surface area (Å²) in [5.41, 5.74) is 1.20. The summed E-state index contributed by atoms with van der Waals surface area (Å²) in [6.45, 7) is 4.19. The molecular formula is C25H26FN3O4S. The maximum atomic E-state index is 14.1. The van der Waals surface area contributed by atoms with Crippen LogP contribution in [0.5, 0.6) is 5.75 Å². The van der Waals surface area contributed by atoms with Crippen LogP contribution in [0.15, 0.2) is 77.7 Å². The Morgan fingerprint density at radius 1 is 0.971 bits per heavy atom. The smallest absolute Gasteiger partial charge is 0.261 e. The number of hydrogen-bond donors (Lipinski definition) is 1. The number of benzene rings is 3. The van der Waals surface area contributed by atoms with Gasteiger partial charge < -0.3 is 14.5 Å². The quantitative estimate of drug-likeness (QED) is 0.550. The van der Waals surface area contributed by atoms with Crippen molar-refractivity contribution in [3.8, 4) is 5.75 Å². The van der Waals surface area contributed by atoms with Crippen molar-refractivity contribution in [3.63, 3.8) is 0 Å². The van der Waals surface area contributed by atoms with Crippen LogP contribution in [-0.4, -0.2) is 52.0 Å². The van der Waals surface area contributed by atoms with Crippen LogP contribution in [0.25, 0.3) is 0 Å². The molecule has 1 fully saturated rings. The van der Waals surface area contributed by atoms with Crippen LogP contribution in [0.2, 0.25) is 0 Å². The third kappa shape index (κ3) is 5.31. The lowest BCUT2D eigenvalue weighted by Crippen LogP contribution is -2.49. The number of anilines is 2. The van der Waals surface area contributed by atoms with Gasteiger partial charge in [-0.3, -0.25) is 9.52 Å². The first kappa shape index (κ1) is 23.6. The fourth-order valence-electron chi connectivity index (χ4n) is 3.84. The van der Waals surface area contributed by atoms with Crippen LogP contribution in [-0.2, 0) is 10.0 Å². The molecule has 1 saturated heterocycles. The Hall–Kier alpha value is -3.59. The summed E-state index contributed by atoms with van der Waals surface area (Å²) in [5.74, 6) is 0.0969. The Bertz CT molecular complexity index is 1260. The van der Waals surface area contributed by atoms with Gasteiger partial charge in [-0.2, -0.15) is 0 Å². The van der Waals surface area contributed by atoms with Gasteiger partial charge in [-0.15, -0.1) is 0 Å². The molecule has 1 heterocycles. The summed E-state index contributed by atoms with van der Waals surface area (Å²) in [7, 11) is -3.89. The molecule has 0 bridgehead atoms. The van der Waals surface area contributed by atoms with Crippen molar-refractivity contribution in [3.05, 3.63) is 84.2 Å². The second kappa shape index (κ2) is 10.1. The molecule has 1 aliphatic heterocycles. The molecule has 1 amide bonds. The van der Waals surface area contributed by atoms with Gasteiger partial charge in [-0.05, 0) is 61.5 Å². The van der Waals surface area contributed by atoms with Gasteiger partial charge >= 0.3 is 0 Å². The predicted octanol–water partition coefficient (Wildman–Crippen LogP) is 3.99. The topological polar surface area (TPSA) is 78.9 Å². The highest BCUT2D eigenvalue weighted by Crippen LogP contribution is 2.23. The van der Waals surface area contributed by atoms with Crippen LogP contribution in [0, 0.1) is 5.82 Å². The molecule has 0 atom stereocenters. The first-order valence-electron chi connectivity index (χ1n) is 11.0. The summed E-state index contributed by atoms with van der Waals surface area (Å²) >= 11 is 0. The van der Waals surface area contributed by atoms with E-state index in [2.05, 4.69) is 4.72 Å². The molecule has 4 rings (SSSR count). The minimum absolute atomic E-state index is 0.00257. The third-order valence-electron chi connectivity index (χ3n) is 5.57. The van der Waals surface area contributed by atoms with Gasteiger partial charge in [0.2, 0.25) is 0 Å². The van der Waals surface area contributed by atoms with E-state index >= 15 is 0 Å². The molecular weight excluding hydrogens is 457 g/mol. The van der Waals surface area contributed by atoms with Gasteiger partial charge in [-0.25, -0.2) is 12.8 Å². The highest BCUT2D eigenvalue weighted by Gasteiger charge is 2.25. The minimum Gasteiger partial charge on any atom is -0.494 e. The summed E-state index contributed by atoms with van der Waals surface area (Å²) in [6.07, 6.45) is 0. The van der Waals surface area contributed by atoms with E-state index < -0.39 is 10.0 Å². The van der Waals surface area contributed by atoms with E-state index in [0.29, 0.717) is 49.9 Å². The normalized spacial score (nSPS) is 14.1. The Labute approximate surface area is 198 Å². The fraction of sp³-hybridized carbons (Fsp3) is 0.240. The van der Waals surface area contributed by atoms with E-state index in [1.807, 2.05) is 11.8 Å². The summed E-state index contributed by atoms with van der Waals surface area (Å²) in [4.78, 5) is 16.6. The molecule has 178 valence electrons. The highest BCUT2D eigenvalue weighted by molar-refractivity contribution is 7.92. The molecule has 1 N–H and O–H groups in total. The van der Waals surface area contributed by atoms with E-state index in [4.69, 9.17) is 4.74 Å². The Morgan fingerprint density at radius 2 is 1.68 bits per heavy atom. The second-order valence-electron chi connectivity index (χ2n) is 7.82. The van der Waals surface area contributed by atoms with Crippen LogP contribution in [0.4, 0.5) is 15.8 Å². The molecule has 0 radical (unpaired) electrons. The van der Waals surface area contributed by atoms with E-state index in [1.54, 1.807) is 59.5 Å². The first-order chi connectivity index (χ1) is 16.4. The summed E-state index contributed by atoms with van der Waals surface area (Å²) in [6, 6.07) is 19.1. The number of para-hydroxylation sites is 1. The Balaban J connectivity index is 1.43. The zero-order valence-corrected chi connectivity index (χ0v) is 19.6. The van der Waals surface area contributed by atoms with Gasteiger partial charge in [0.05, 0.1) is 17.2 Å². The molecule has 3 aromatic rings. The average molecular weight is 484 g/mol. The van der Waals surface area contributed by atoms with Crippen LogP contribution < -0.4 is 14.4 Å². The SMILES string of the molecule is CCOc1ccc(NS(=O)(=O)c2cccc(C(=O)N3CCN(c4ccccc4F)CC3)c2)cc1. The van der Waals surface area contributed by atoms with Gasteiger partial charge in [0.25, 0.3) is 15.9 Å². The number of rotatable bonds is 7. The number of sulfonamides is 1. The number of piperazine rings is 1. The number of amides is 1. The van der Waals surface area contributed by atoms with Crippen LogP contribution >= 0.6 is 0 Å². The van der Waals surface area contributed by atoms with Crippen molar-refractivity contribution in [2.24, 2.45) is 0 Å². The standard InChI is InChI=1S/C25H26FN3O4S/c1-2-33-21-12-10-20(11-13-21)27-34(31,32)22-7-5-6-19(18-22)25(30)29-16-14-28(15-17-29)24-9-4-3-8-23(24)26/h3-13,18,27H,2,14-17H2,1H3. The van der Waals surface area contributed by atoms with Crippen molar-refractivity contribution >= 4 is 27.3 Å². The molecule has 7 nitrogen and oxygen atoms in total. The molecule has 3 aromatic carbocycles. The number of hydrogen-bond acceptors (Lipinski definition) is 5. The fourth-order valence-corrected chi connectivity index (χ4v) is 4.94. The number of nitrogens with one attached hydrogen (secondary N) is 1. The van der Waals surface area contributed by atoms with Gasteiger partial charge in [0.1, 0.15) is 11.6 Å².